The van der Waals surface area contributed by atoms with Crippen LogP contribution in [0.3, 0.4) is 0 Å². The number of fused-ring (bicyclic) bond motifs is 12. The first kappa shape index (κ1) is 53.0. The van der Waals surface area contributed by atoms with Crippen molar-refractivity contribution in [3.05, 3.63) is 322 Å². The van der Waals surface area contributed by atoms with Gasteiger partial charge in [-0.15, -0.1) is 0 Å². The second-order valence-corrected chi connectivity index (χ2v) is 23.9. The van der Waals surface area contributed by atoms with Crippen molar-refractivity contribution in [2.75, 3.05) is 0 Å². The van der Waals surface area contributed by atoms with Gasteiger partial charge in [-0.25, -0.2) is 24.9 Å². The molecule has 19 rings (SSSR count). The summed E-state index contributed by atoms with van der Waals surface area (Å²) in [5.74, 6) is 1.91. The fourth-order valence-corrected chi connectivity index (χ4v) is 14.6. The Balaban J connectivity index is 1.19. The Bertz CT molecular complexity index is 5510. The fraction of sp³-hybridized carbons (Fsp3) is 0. The first-order valence-electron chi connectivity index (χ1n) is 31.8. The first-order valence-corrected chi connectivity index (χ1v) is 31.8. The van der Waals surface area contributed by atoms with Crippen molar-refractivity contribution in [3.63, 3.8) is 0 Å². The molecule has 0 saturated carbocycles. The van der Waals surface area contributed by atoms with Gasteiger partial charge in [0.05, 0.1) is 89.4 Å². The second-order valence-electron chi connectivity index (χ2n) is 23.9. The van der Waals surface area contributed by atoms with E-state index in [0.29, 0.717) is 34.4 Å². The molecule has 0 aliphatic rings. The Morgan fingerprint density at radius 2 is 0.372 bits per heavy atom. The highest BCUT2D eigenvalue weighted by Crippen LogP contribution is 2.54. The molecule has 94 heavy (non-hydrogen) atoms. The Labute approximate surface area is 539 Å². The van der Waals surface area contributed by atoms with E-state index in [2.05, 4.69) is 303 Å². The standard InChI is InChI=1S/C85H53N9/c1-5-29-54(30-6-1)66-53-67(55-31-7-2-8-32-55)87-84(86-66)76-77(85-89-82(56-33-9-3-10-34-56)88-83(90-85)57-35-11-4-12-36-57)79(92-70-47-23-15-39-60(70)61-40-16-24-48-71(61)92)81(94-74-51-27-19-43-64(74)65-44-20-28-52-75(65)94)80(93-72-49-25-17-41-62(72)63-42-18-26-50-73(63)93)78(76)91-68-45-21-13-37-58(68)59-38-14-22-46-69(59)91/h1-53H. The maximum absolute atomic E-state index is 6.04. The van der Waals surface area contributed by atoms with Crippen LogP contribution in [0.25, 0.3) is 178 Å². The van der Waals surface area contributed by atoms with Gasteiger partial charge < -0.3 is 18.3 Å². The smallest absolute Gasteiger partial charge is 0.167 e. The van der Waals surface area contributed by atoms with Crippen molar-refractivity contribution in [1.82, 2.24) is 43.2 Å². The number of benzene rings is 13. The topological polar surface area (TPSA) is 84.2 Å². The molecular formula is C85H53N9. The van der Waals surface area contributed by atoms with E-state index in [1.807, 2.05) is 36.4 Å². The van der Waals surface area contributed by atoms with Gasteiger partial charge in [0.2, 0.25) is 0 Å². The van der Waals surface area contributed by atoms with Crippen LogP contribution in [0, 0.1) is 0 Å². The van der Waals surface area contributed by atoms with Crippen LogP contribution in [0.4, 0.5) is 0 Å². The van der Waals surface area contributed by atoms with E-state index < -0.39 is 0 Å². The van der Waals surface area contributed by atoms with Gasteiger partial charge in [-0.1, -0.05) is 267 Å². The molecule has 9 heteroatoms. The maximum Gasteiger partial charge on any atom is 0.167 e. The molecule has 6 heterocycles. The predicted octanol–water partition coefficient (Wildman–Crippen LogP) is 21.1. The summed E-state index contributed by atoms with van der Waals surface area (Å²) in [6, 6.07) is 114. The van der Waals surface area contributed by atoms with Gasteiger partial charge in [0.15, 0.2) is 23.3 Å². The van der Waals surface area contributed by atoms with Crippen LogP contribution in [-0.4, -0.2) is 43.2 Å². The summed E-state index contributed by atoms with van der Waals surface area (Å²) in [7, 11) is 0. The highest BCUT2D eigenvalue weighted by Gasteiger charge is 2.38. The molecule has 9 nitrogen and oxygen atoms in total. The molecule has 19 aromatic rings. The highest BCUT2D eigenvalue weighted by molar-refractivity contribution is 6.18. The number of hydrogen-bond donors (Lipinski definition) is 0. The first-order chi connectivity index (χ1) is 46.7. The SMILES string of the molecule is c1ccc(-c2cc(-c3ccccc3)nc(-c3c(-c4nc(-c5ccccc5)nc(-c5ccccc5)n4)c(-n4c5ccccc5c5ccccc54)c(-n4c5ccccc5c5ccccc54)c(-n4c5ccccc5c5ccccc54)c3-n3c4ccccc4c4ccccc43)n2)cc1. The van der Waals surface area contributed by atoms with E-state index in [4.69, 9.17) is 24.9 Å². The molecular weight excluding hydrogens is 1150 g/mol. The zero-order valence-electron chi connectivity index (χ0n) is 50.6. The van der Waals surface area contributed by atoms with Gasteiger partial charge in [-0.2, -0.15) is 0 Å². The van der Waals surface area contributed by atoms with Gasteiger partial charge in [0, 0.05) is 65.3 Å². The fourth-order valence-electron chi connectivity index (χ4n) is 14.6. The zero-order chi connectivity index (χ0) is 61.8. The van der Waals surface area contributed by atoms with E-state index >= 15 is 0 Å². The molecule has 0 aliphatic heterocycles. The molecule has 0 fully saturated rings. The summed E-state index contributed by atoms with van der Waals surface area (Å²) < 4.78 is 10.0. The van der Waals surface area contributed by atoms with Crippen LogP contribution in [0.1, 0.15) is 0 Å². The predicted molar refractivity (Wildman–Crippen MR) is 385 cm³/mol. The van der Waals surface area contributed by atoms with Crippen molar-refractivity contribution in [2.45, 2.75) is 0 Å². The van der Waals surface area contributed by atoms with Crippen LogP contribution in [0.5, 0.6) is 0 Å². The van der Waals surface area contributed by atoms with Crippen LogP contribution < -0.4 is 0 Å². The second kappa shape index (κ2) is 21.4. The van der Waals surface area contributed by atoms with Crippen molar-refractivity contribution >= 4 is 87.2 Å². The third-order valence-corrected chi connectivity index (χ3v) is 18.6. The minimum atomic E-state index is 0.423. The molecule has 0 bridgehead atoms. The average molecular weight is 1200 g/mol. The quantitative estimate of drug-likeness (QED) is 0.136. The number of nitrogens with zero attached hydrogens (tertiary/aromatic N) is 9. The van der Waals surface area contributed by atoms with Crippen molar-refractivity contribution in [3.8, 4) is 90.8 Å². The largest absolute Gasteiger partial charge is 0.306 e. The van der Waals surface area contributed by atoms with Gasteiger partial charge >= 0.3 is 0 Å². The third kappa shape index (κ3) is 8.18. The van der Waals surface area contributed by atoms with E-state index in [0.717, 1.165) is 144 Å². The summed E-state index contributed by atoms with van der Waals surface area (Å²) in [5.41, 5.74) is 17.8. The molecule has 438 valence electrons. The van der Waals surface area contributed by atoms with E-state index in [1.54, 1.807) is 0 Å². The average Bonchev–Trinajstić information content (AvgIpc) is 1.42. The summed E-state index contributed by atoms with van der Waals surface area (Å²) in [4.78, 5) is 29.4. The molecule has 0 atom stereocenters. The number of rotatable bonds is 10. The number of para-hydroxylation sites is 8. The molecule has 0 radical (unpaired) electrons. The molecule has 0 spiro atoms. The monoisotopic (exact) mass is 1200 g/mol. The molecule has 6 aromatic heterocycles. The zero-order valence-corrected chi connectivity index (χ0v) is 50.6. The van der Waals surface area contributed by atoms with Gasteiger partial charge in [0.25, 0.3) is 0 Å². The lowest BCUT2D eigenvalue weighted by atomic mass is 9.94. The Hall–Kier alpha value is -12.9. The lowest BCUT2D eigenvalue weighted by Gasteiger charge is -2.30. The van der Waals surface area contributed by atoms with E-state index in [1.165, 1.54) is 0 Å². The molecule has 0 unspecified atom stereocenters. The molecule has 0 amide bonds. The summed E-state index contributed by atoms with van der Waals surface area (Å²) in [5, 5.41) is 8.77. The third-order valence-electron chi connectivity index (χ3n) is 18.6. The Morgan fingerprint density at radius 3 is 0.638 bits per heavy atom. The molecule has 0 saturated heterocycles. The van der Waals surface area contributed by atoms with E-state index in [9.17, 15) is 0 Å². The lowest BCUT2D eigenvalue weighted by molar-refractivity contribution is 1.01. The van der Waals surface area contributed by atoms with Crippen molar-refractivity contribution in [2.24, 2.45) is 0 Å². The normalized spacial score (nSPS) is 11.8. The van der Waals surface area contributed by atoms with Crippen LogP contribution in [0.15, 0.2) is 322 Å². The molecule has 13 aromatic carbocycles. The summed E-state index contributed by atoms with van der Waals surface area (Å²) in [6.07, 6.45) is 0. The summed E-state index contributed by atoms with van der Waals surface area (Å²) >= 11 is 0. The van der Waals surface area contributed by atoms with Gasteiger partial charge in [0.1, 0.15) is 0 Å². The lowest BCUT2D eigenvalue weighted by Crippen LogP contribution is -2.18. The number of aromatic nitrogens is 9. The molecule has 0 N–H and O–H groups in total. The maximum atomic E-state index is 6.04. The molecule has 0 aliphatic carbocycles. The summed E-state index contributed by atoms with van der Waals surface area (Å²) in [6.45, 7) is 0. The highest BCUT2D eigenvalue weighted by atomic mass is 15.2. The van der Waals surface area contributed by atoms with E-state index in [-0.39, 0.29) is 0 Å². The minimum absolute atomic E-state index is 0.423. The van der Waals surface area contributed by atoms with Crippen molar-refractivity contribution < 1.29 is 0 Å². The van der Waals surface area contributed by atoms with Crippen LogP contribution in [-0.2, 0) is 0 Å². The number of hydrogen-bond acceptors (Lipinski definition) is 5. The Morgan fingerprint density at radius 1 is 0.170 bits per heavy atom. The van der Waals surface area contributed by atoms with Gasteiger partial charge in [-0.05, 0) is 54.6 Å². The van der Waals surface area contributed by atoms with Gasteiger partial charge in [-0.3, -0.25) is 0 Å². The minimum Gasteiger partial charge on any atom is -0.306 e. The van der Waals surface area contributed by atoms with Crippen LogP contribution in [0.2, 0.25) is 0 Å². The van der Waals surface area contributed by atoms with Crippen molar-refractivity contribution in [1.29, 1.82) is 0 Å². The Kier molecular flexibility index (Phi) is 12.1. The van der Waals surface area contributed by atoms with Crippen LogP contribution >= 0.6 is 0 Å².